The van der Waals surface area contributed by atoms with Crippen molar-refractivity contribution in [3.63, 3.8) is 0 Å². The zero-order valence-corrected chi connectivity index (χ0v) is 11.1. The maximum absolute atomic E-state index is 11.5. The third-order valence-corrected chi connectivity index (χ3v) is 4.14. The molecule has 0 bridgehead atoms. The fourth-order valence-corrected chi connectivity index (χ4v) is 2.73. The van der Waals surface area contributed by atoms with Gasteiger partial charge in [-0.1, -0.05) is 19.1 Å². The van der Waals surface area contributed by atoms with Crippen LogP contribution in [-0.4, -0.2) is 27.6 Å². The van der Waals surface area contributed by atoms with E-state index in [0.717, 1.165) is 19.5 Å². The summed E-state index contributed by atoms with van der Waals surface area (Å²) in [7, 11) is -3.75. The van der Waals surface area contributed by atoms with Crippen LogP contribution in [0.2, 0.25) is 0 Å². The molecule has 1 aromatic rings. The summed E-state index contributed by atoms with van der Waals surface area (Å²) in [5, 5.41) is 8.41. The standard InChI is InChI=1S/C12H18N2O3S/c1-9-6-7-14-8-11(9)17-10-4-2-3-5-12(10)18(13,15)16/h2-5,9,11,14H,6-8H2,1H3,(H2,13,15,16). The lowest BCUT2D eigenvalue weighted by molar-refractivity contribution is 0.111. The fourth-order valence-electron chi connectivity index (χ4n) is 2.06. The average molecular weight is 270 g/mol. The Kier molecular flexibility index (Phi) is 3.89. The number of nitrogens with one attached hydrogen (secondary N) is 1. The highest BCUT2D eigenvalue weighted by Crippen LogP contribution is 2.26. The van der Waals surface area contributed by atoms with Crippen molar-refractivity contribution in [1.29, 1.82) is 0 Å². The number of piperidine rings is 1. The summed E-state index contributed by atoms with van der Waals surface area (Å²) in [6, 6.07) is 6.48. The van der Waals surface area contributed by atoms with Gasteiger partial charge in [-0.05, 0) is 31.0 Å². The van der Waals surface area contributed by atoms with Gasteiger partial charge in [0.1, 0.15) is 16.7 Å². The predicted molar refractivity (Wildman–Crippen MR) is 68.9 cm³/mol. The molecule has 1 heterocycles. The van der Waals surface area contributed by atoms with Gasteiger partial charge in [0.05, 0.1) is 0 Å². The van der Waals surface area contributed by atoms with E-state index in [1.165, 1.54) is 6.07 Å². The van der Waals surface area contributed by atoms with Gasteiger partial charge in [-0.2, -0.15) is 0 Å². The van der Waals surface area contributed by atoms with Crippen LogP contribution in [0, 0.1) is 5.92 Å². The molecule has 0 amide bonds. The Morgan fingerprint density at radius 2 is 2.11 bits per heavy atom. The highest BCUT2D eigenvalue weighted by Gasteiger charge is 2.25. The molecule has 2 atom stereocenters. The second kappa shape index (κ2) is 5.26. The number of rotatable bonds is 3. The van der Waals surface area contributed by atoms with Gasteiger partial charge < -0.3 is 10.1 Å². The summed E-state index contributed by atoms with van der Waals surface area (Å²) in [4.78, 5) is 0.0442. The Morgan fingerprint density at radius 3 is 2.78 bits per heavy atom. The highest BCUT2D eigenvalue weighted by molar-refractivity contribution is 7.89. The van der Waals surface area contributed by atoms with Crippen molar-refractivity contribution in [3.8, 4) is 5.75 Å². The first-order chi connectivity index (χ1) is 8.48. The van der Waals surface area contributed by atoms with Gasteiger partial charge in [-0.25, -0.2) is 13.6 Å². The van der Waals surface area contributed by atoms with Crippen molar-refractivity contribution in [3.05, 3.63) is 24.3 Å². The Bertz CT molecular complexity index is 516. The van der Waals surface area contributed by atoms with Gasteiger partial charge in [0, 0.05) is 6.54 Å². The largest absolute Gasteiger partial charge is 0.487 e. The monoisotopic (exact) mass is 270 g/mol. The van der Waals surface area contributed by atoms with Gasteiger partial charge in [-0.3, -0.25) is 0 Å². The molecule has 100 valence electrons. The minimum absolute atomic E-state index is 0.0263. The summed E-state index contributed by atoms with van der Waals surface area (Å²) in [6.45, 7) is 3.79. The van der Waals surface area contributed by atoms with Gasteiger partial charge >= 0.3 is 0 Å². The first-order valence-corrected chi connectivity index (χ1v) is 7.52. The summed E-state index contributed by atoms with van der Waals surface area (Å²) in [5.41, 5.74) is 0. The van der Waals surface area contributed by atoms with Crippen LogP contribution in [0.1, 0.15) is 13.3 Å². The molecule has 3 N–H and O–H groups in total. The van der Waals surface area contributed by atoms with E-state index in [2.05, 4.69) is 12.2 Å². The van der Waals surface area contributed by atoms with E-state index in [-0.39, 0.29) is 11.0 Å². The van der Waals surface area contributed by atoms with E-state index in [1.54, 1.807) is 18.2 Å². The maximum Gasteiger partial charge on any atom is 0.241 e. The van der Waals surface area contributed by atoms with Crippen molar-refractivity contribution >= 4 is 10.0 Å². The third kappa shape index (κ3) is 3.01. The zero-order chi connectivity index (χ0) is 13.2. The quantitative estimate of drug-likeness (QED) is 0.847. The van der Waals surface area contributed by atoms with E-state index < -0.39 is 10.0 Å². The SMILES string of the molecule is CC1CCNCC1Oc1ccccc1S(N)(=O)=O. The average Bonchev–Trinajstić information content (AvgIpc) is 2.31. The first kappa shape index (κ1) is 13.3. The molecule has 0 aliphatic carbocycles. The number of para-hydroxylation sites is 1. The number of hydrogen-bond donors (Lipinski definition) is 2. The number of nitrogens with two attached hydrogens (primary N) is 1. The van der Waals surface area contributed by atoms with Crippen molar-refractivity contribution in [2.45, 2.75) is 24.3 Å². The van der Waals surface area contributed by atoms with E-state index in [0.29, 0.717) is 11.7 Å². The van der Waals surface area contributed by atoms with Gasteiger partial charge in [0.15, 0.2) is 0 Å². The summed E-state index contributed by atoms with van der Waals surface area (Å²) < 4.78 is 28.7. The Labute approximate surface area is 107 Å². The van der Waals surface area contributed by atoms with E-state index in [4.69, 9.17) is 9.88 Å². The smallest absolute Gasteiger partial charge is 0.241 e. The van der Waals surface area contributed by atoms with Crippen LogP contribution in [0.4, 0.5) is 0 Å². The molecule has 1 saturated heterocycles. The highest BCUT2D eigenvalue weighted by atomic mass is 32.2. The molecular weight excluding hydrogens is 252 g/mol. The molecule has 0 spiro atoms. The fraction of sp³-hybridized carbons (Fsp3) is 0.500. The summed E-state index contributed by atoms with van der Waals surface area (Å²) >= 11 is 0. The van der Waals surface area contributed by atoms with Crippen LogP contribution in [0.3, 0.4) is 0 Å². The van der Waals surface area contributed by atoms with E-state index in [1.807, 2.05) is 0 Å². The van der Waals surface area contributed by atoms with E-state index in [9.17, 15) is 8.42 Å². The normalized spacial score (nSPS) is 24.8. The van der Waals surface area contributed by atoms with Crippen LogP contribution < -0.4 is 15.2 Å². The maximum atomic E-state index is 11.5. The lowest BCUT2D eigenvalue weighted by Crippen LogP contribution is -2.43. The minimum atomic E-state index is -3.75. The third-order valence-electron chi connectivity index (χ3n) is 3.19. The number of primary sulfonamides is 1. The lowest BCUT2D eigenvalue weighted by atomic mass is 9.97. The molecule has 6 heteroatoms. The summed E-state index contributed by atoms with van der Waals surface area (Å²) in [5.74, 6) is 0.723. The molecular formula is C12H18N2O3S. The van der Waals surface area contributed by atoms with Crippen molar-refractivity contribution in [1.82, 2.24) is 5.32 Å². The predicted octanol–water partition coefficient (Wildman–Crippen LogP) is 0.711. The van der Waals surface area contributed by atoms with Crippen LogP contribution in [-0.2, 0) is 10.0 Å². The van der Waals surface area contributed by atoms with Crippen LogP contribution in [0.5, 0.6) is 5.75 Å². The molecule has 0 radical (unpaired) electrons. The van der Waals surface area contributed by atoms with Crippen molar-refractivity contribution in [2.75, 3.05) is 13.1 Å². The molecule has 0 saturated carbocycles. The second-order valence-corrected chi connectivity index (χ2v) is 6.15. The topological polar surface area (TPSA) is 81.4 Å². The van der Waals surface area contributed by atoms with Crippen LogP contribution >= 0.6 is 0 Å². The molecule has 1 aliphatic rings. The first-order valence-electron chi connectivity index (χ1n) is 5.97. The number of ether oxygens (including phenoxy) is 1. The minimum Gasteiger partial charge on any atom is -0.487 e. The second-order valence-electron chi connectivity index (χ2n) is 4.62. The van der Waals surface area contributed by atoms with Gasteiger partial charge in [0.2, 0.25) is 10.0 Å². The molecule has 1 aromatic carbocycles. The molecule has 5 nitrogen and oxygen atoms in total. The zero-order valence-electron chi connectivity index (χ0n) is 10.3. The Balaban J connectivity index is 2.24. The van der Waals surface area contributed by atoms with Crippen molar-refractivity contribution < 1.29 is 13.2 Å². The lowest BCUT2D eigenvalue weighted by Gasteiger charge is -2.30. The molecule has 1 aliphatic heterocycles. The van der Waals surface area contributed by atoms with Crippen molar-refractivity contribution in [2.24, 2.45) is 11.1 Å². The summed E-state index contributed by atoms with van der Waals surface area (Å²) in [6.07, 6.45) is 0.990. The molecule has 0 aromatic heterocycles. The van der Waals surface area contributed by atoms with E-state index >= 15 is 0 Å². The number of sulfonamides is 1. The molecule has 1 fully saturated rings. The molecule has 18 heavy (non-hydrogen) atoms. The Morgan fingerprint density at radius 1 is 1.39 bits per heavy atom. The Hall–Kier alpha value is -1.11. The molecule has 2 unspecified atom stereocenters. The van der Waals surface area contributed by atoms with Crippen LogP contribution in [0.25, 0.3) is 0 Å². The number of hydrogen-bond acceptors (Lipinski definition) is 4. The molecule has 2 rings (SSSR count). The van der Waals surface area contributed by atoms with Crippen LogP contribution in [0.15, 0.2) is 29.2 Å². The van der Waals surface area contributed by atoms with Gasteiger partial charge in [-0.15, -0.1) is 0 Å². The van der Waals surface area contributed by atoms with Gasteiger partial charge in [0.25, 0.3) is 0 Å². The number of benzene rings is 1.